The van der Waals surface area contributed by atoms with E-state index in [-0.39, 0.29) is 5.82 Å². The summed E-state index contributed by atoms with van der Waals surface area (Å²) < 4.78 is 22.2. The number of aliphatic imine (C=N–C) groups is 1. The molecule has 0 fully saturated rings. The van der Waals surface area contributed by atoms with Crippen LogP contribution in [0.3, 0.4) is 0 Å². The minimum absolute atomic E-state index is 0.318. The highest BCUT2D eigenvalue weighted by Crippen LogP contribution is 2.32. The number of aromatic nitrogens is 1. The van der Waals surface area contributed by atoms with E-state index in [1.54, 1.807) is 12.3 Å². The predicted molar refractivity (Wildman–Crippen MR) is 96.3 cm³/mol. The summed E-state index contributed by atoms with van der Waals surface area (Å²) in [6.07, 6.45) is 3.52. The highest BCUT2D eigenvalue weighted by Gasteiger charge is 2.24. The fourth-order valence-corrected chi connectivity index (χ4v) is 3.60. The van der Waals surface area contributed by atoms with Crippen LogP contribution in [0, 0.1) is 5.82 Å². The van der Waals surface area contributed by atoms with Crippen LogP contribution in [-0.4, -0.2) is 10.3 Å². The van der Waals surface area contributed by atoms with Crippen molar-refractivity contribution in [1.29, 1.82) is 0 Å². The maximum atomic E-state index is 14.4. The summed E-state index contributed by atoms with van der Waals surface area (Å²) in [6.45, 7) is 0.405. The van der Waals surface area contributed by atoms with Crippen LogP contribution in [0.25, 0.3) is 16.5 Å². The van der Waals surface area contributed by atoms with Gasteiger partial charge in [-0.05, 0) is 30.3 Å². The largest absolute Gasteiger partial charge is 0.461 e. The lowest BCUT2D eigenvalue weighted by Gasteiger charge is -2.11. The Bertz CT molecular complexity index is 1160. The van der Waals surface area contributed by atoms with Gasteiger partial charge < -0.3 is 8.98 Å². The van der Waals surface area contributed by atoms with Crippen molar-refractivity contribution in [3.05, 3.63) is 88.8 Å². The third kappa shape index (κ3) is 2.07. The smallest absolute Gasteiger partial charge is 0.164 e. The Balaban J connectivity index is 1.80. The van der Waals surface area contributed by atoms with Crippen molar-refractivity contribution in [3.8, 4) is 5.69 Å². The fraction of sp³-hybridized carbons (Fsp3) is 0.0500. The van der Waals surface area contributed by atoms with Crippen LogP contribution in [0.5, 0.6) is 0 Å². The Morgan fingerprint density at radius 2 is 1.96 bits per heavy atom. The maximum absolute atomic E-state index is 14.4. The molecule has 0 atom stereocenters. The minimum Gasteiger partial charge on any atom is -0.461 e. The molecule has 0 saturated heterocycles. The van der Waals surface area contributed by atoms with Gasteiger partial charge in [0.15, 0.2) is 5.76 Å². The Kier molecular flexibility index (Phi) is 3.09. The van der Waals surface area contributed by atoms with Crippen molar-refractivity contribution < 1.29 is 8.81 Å². The van der Waals surface area contributed by atoms with E-state index in [4.69, 9.17) is 21.0 Å². The monoisotopic (exact) mass is 350 g/mol. The lowest BCUT2D eigenvalue weighted by atomic mass is 10.1. The summed E-state index contributed by atoms with van der Waals surface area (Å²) in [6, 6.07) is 14.6. The Morgan fingerprint density at radius 3 is 2.88 bits per heavy atom. The molecule has 0 amide bonds. The van der Waals surface area contributed by atoms with E-state index in [9.17, 15) is 4.39 Å². The number of hydrogen-bond donors (Lipinski definition) is 0. The first kappa shape index (κ1) is 14.5. The first-order chi connectivity index (χ1) is 12.2. The van der Waals surface area contributed by atoms with E-state index in [0.29, 0.717) is 28.4 Å². The van der Waals surface area contributed by atoms with Crippen molar-refractivity contribution in [1.82, 2.24) is 4.57 Å². The van der Waals surface area contributed by atoms with Crippen LogP contribution in [-0.2, 0) is 6.54 Å². The maximum Gasteiger partial charge on any atom is 0.164 e. The van der Waals surface area contributed by atoms with Crippen LogP contribution >= 0.6 is 11.6 Å². The van der Waals surface area contributed by atoms with Gasteiger partial charge in [0.1, 0.15) is 11.5 Å². The van der Waals surface area contributed by atoms with Gasteiger partial charge in [-0.15, -0.1) is 0 Å². The Hall–Kier alpha value is -2.85. The summed E-state index contributed by atoms with van der Waals surface area (Å²) in [5, 5.41) is 1.83. The van der Waals surface area contributed by atoms with E-state index >= 15 is 0 Å². The van der Waals surface area contributed by atoms with Crippen molar-refractivity contribution in [3.63, 3.8) is 0 Å². The van der Waals surface area contributed by atoms with Crippen LogP contribution < -0.4 is 0 Å². The molecule has 2 aromatic heterocycles. The lowest BCUT2D eigenvalue weighted by Crippen LogP contribution is -2.08. The topological polar surface area (TPSA) is 30.4 Å². The van der Waals surface area contributed by atoms with Crippen LogP contribution in [0.4, 0.5) is 4.39 Å². The number of benzene rings is 2. The van der Waals surface area contributed by atoms with Gasteiger partial charge >= 0.3 is 0 Å². The molecule has 122 valence electrons. The molecule has 25 heavy (non-hydrogen) atoms. The summed E-state index contributed by atoms with van der Waals surface area (Å²) in [7, 11) is 0. The van der Waals surface area contributed by atoms with Gasteiger partial charge in [-0.2, -0.15) is 0 Å². The van der Waals surface area contributed by atoms with Crippen molar-refractivity contribution >= 4 is 28.1 Å². The van der Waals surface area contributed by atoms with Gasteiger partial charge in [-0.1, -0.05) is 29.8 Å². The van der Waals surface area contributed by atoms with Crippen LogP contribution in [0.1, 0.15) is 17.0 Å². The van der Waals surface area contributed by atoms with Gasteiger partial charge in [0, 0.05) is 22.2 Å². The van der Waals surface area contributed by atoms with E-state index in [1.807, 2.05) is 47.2 Å². The summed E-state index contributed by atoms with van der Waals surface area (Å²) in [4.78, 5) is 4.72. The van der Waals surface area contributed by atoms with E-state index in [2.05, 4.69) is 0 Å². The minimum atomic E-state index is -0.318. The van der Waals surface area contributed by atoms with Crippen molar-refractivity contribution in [2.75, 3.05) is 0 Å². The number of hydrogen-bond acceptors (Lipinski definition) is 2. The standard InChI is InChI=1S/C20H12ClFN2O/c21-14-5-2-7-16-13(14)10-23-19(17-8-3-9-24(16)17)20-18-12(11-25-20)4-1-6-15(18)22/h1-9,11H,10H2. The number of furan rings is 1. The van der Waals surface area contributed by atoms with E-state index < -0.39 is 0 Å². The van der Waals surface area contributed by atoms with Gasteiger partial charge in [-0.3, -0.25) is 4.99 Å². The predicted octanol–water partition coefficient (Wildman–Crippen LogP) is 5.37. The number of nitrogens with zero attached hydrogens (tertiary/aromatic N) is 2. The van der Waals surface area contributed by atoms with Crippen molar-refractivity contribution in [2.45, 2.75) is 6.54 Å². The third-order valence-electron chi connectivity index (χ3n) is 4.53. The zero-order valence-corrected chi connectivity index (χ0v) is 13.8. The molecule has 0 N–H and O–H groups in total. The molecule has 2 aromatic carbocycles. The second-order valence-electron chi connectivity index (χ2n) is 5.93. The fourth-order valence-electron chi connectivity index (χ4n) is 3.37. The average molecular weight is 351 g/mol. The first-order valence-electron chi connectivity index (χ1n) is 7.90. The second-order valence-corrected chi connectivity index (χ2v) is 6.34. The molecule has 1 aliphatic heterocycles. The molecule has 1 aliphatic rings. The zero-order chi connectivity index (χ0) is 17.0. The number of rotatable bonds is 1. The third-order valence-corrected chi connectivity index (χ3v) is 4.89. The molecule has 5 rings (SSSR count). The SMILES string of the molecule is Fc1cccc2coc(C3=NCc4c(Cl)cccc4-n4cccc43)c12. The lowest BCUT2D eigenvalue weighted by molar-refractivity contribution is 0.559. The highest BCUT2D eigenvalue weighted by atomic mass is 35.5. The molecule has 0 spiro atoms. The molecule has 0 bridgehead atoms. The van der Waals surface area contributed by atoms with Gasteiger partial charge in [-0.25, -0.2) is 4.39 Å². The summed E-state index contributed by atoms with van der Waals surface area (Å²) in [5.41, 5.74) is 3.38. The molecular formula is C20H12ClFN2O. The van der Waals surface area contributed by atoms with Crippen LogP contribution in [0.2, 0.25) is 5.02 Å². The molecule has 0 radical (unpaired) electrons. The quantitative estimate of drug-likeness (QED) is 0.454. The average Bonchev–Trinajstić information content (AvgIpc) is 3.22. The molecule has 3 nitrogen and oxygen atoms in total. The summed E-state index contributed by atoms with van der Waals surface area (Å²) >= 11 is 6.38. The molecule has 4 aromatic rings. The molecule has 0 unspecified atom stereocenters. The number of halogens is 2. The Morgan fingerprint density at radius 1 is 1.08 bits per heavy atom. The Labute approximate surface area is 148 Å². The van der Waals surface area contributed by atoms with Gasteiger partial charge in [0.25, 0.3) is 0 Å². The highest BCUT2D eigenvalue weighted by molar-refractivity contribution is 6.31. The second kappa shape index (κ2) is 5.33. The zero-order valence-electron chi connectivity index (χ0n) is 13.0. The normalized spacial score (nSPS) is 13.3. The molecule has 5 heteroatoms. The van der Waals surface area contributed by atoms with Gasteiger partial charge in [0.2, 0.25) is 0 Å². The van der Waals surface area contributed by atoms with Gasteiger partial charge in [0.05, 0.1) is 29.6 Å². The number of fused-ring (bicyclic) bond motifs is 4. The van der Waals surface area contributed by atoms with Crippen LogP contribution in [0.15, 0.2) is 70.4 Å². The van der Waals surface area contributed by atoms with E-state index in [0.717, 1.165) is 22.3 Å². The van der Waals surface area contributed by atoms with Crippen molar-refractivity contribution in [2.24, 2.45) is 4.99 Å². The van der Waals surface area contributed by atoms with E-state index in [1.165, 1.54) is 6.07 Å². The molecule has 3 heterocycles. The molecule has 0 saturated carbocycles. The summed E-state index contributed by atoms with van der Waals surface area (Å²) in [5.74, 6) is 0.124. The molecular weight excluding hydrogens is 339 g/mol. The molecule has 0 aliphatic carbocycles. The first-order valence-corrected chi connectivity index (χ1v) is 8.28.